The third-order valence-corrected chi connectivity index (χ3v) is 2.76. The second-order valence-corrected chi connectivity index (χ2v) is 4.65. The Balaban J connectivity index is 2.55. The Labute approximate surface area is 114 Å². The normalized spacial score (nSPS) is 10.5. The summed E-state index contributed by atoms with van der Waals surface area (Å²) in [6.07, 6.45) is 0.420. The molecule has 0 aliphatic carbocycles. The highest BCUT2D eigenvalue weighted by atomic mass is 16.2. The van der Waals surface area contributed by atoms with Crippen molar-refractivity contribution in [3.63, 3.8) is 0 Å². The van der Waals surface area contributed by atoms with Crippen LogP contribution in [0.4, 0.5) is 11.4 Å². The fourth-order valence-corrected chi connectivity index (χ4v) is 1.71. The van der Waals surface area contributed by atoms with Gasteiger partial charge in [0.25, 0.3) is 0 Å². The monoisotopic (exact) mass is 260 g/mol. The summed E-state index contributed by atoms with van der Waals surface area (Å²) in [6.45, 7) is 4.88. The zero-order valence-corrected chi connectivity index (χ0v) is 11.4. The van der Waals surface area contributed by atoms with Gasteiger partial charge in [0.1, 0.15) is 0 Å². The van der Waals surface area contributed by atoms with Gasteiger partial charge in [-0.05, 0) is 32.0 Å². The van der Waals surface area contributed by atoms with Gasteiger partial charge in [0.15, 0.2) is 0 Å². The Morgan fingerprint density at radius 1 is 1.53 bits per heavy atom. The number of amides is 1. The maximum absolute atomic E-state index is 11.9. The van der Waals surface area contributed by atoms with Crippen LogP contribution in [0.3, 0.4) is 0 Å². The minimum atomic E-state index is -0.0998. The van der Waals surface area contributed by atoms with Crippen molar-refractivity contribution in [3.8, 4) is 6.07 Å². The van der Waals surface area contributed by atoms with E-state index in [1.165, 1.54) is 0 Å². The Morgan fingerprint density at radius 3 is 2.84 bits per heavy atom. The van der Waals surface area contributed by atoms with Gasteiger partial charge in [-0.15, -0.1) is 0 Å². The number of nitrogens with zero attached hydrogens (tertiary/aromatic N) is 2. The van der Waals surface area contributed by atoms with E-state index in [0.717, 1.165) is 0 Å². The topological polar surface area (TPSA) is 82.2 Å². The molecule has 5 heteroatoms. The first-order valence-corrected chi connectivity index (χ1v) is 6.29. The molecule has 0 spiro atoms. The number of hydrogen-bond donors (Lipinski definition) is 2. The van der Waals surface area contributed by atoms with Crippen molar-refractivity contribution in [3.05, 3.63) is 24.3 Å². The van der Waals surface area contributed by atoms with Crippen LogP contribution >= 0.6 is 0 Å². The molecular weight excluding hydrogens is 240 g/mol. The lowest BCUT2D eigenvalue weighted by Gasteiger charge is -2.24. The van der Waals surface area contributed by atoms with Gasteiger partial charge in [0.2, 0.25) is 5.91 Å². The molecule has 1 rings (SSSR count). The van der Waals surface area contributed by atoms with Crippen LogP contribution in [0.2, 0.25) is 0 Å². The Bertz CT molecular complexity index is 465. The molecule has 0 heterocycles. The second-order valence-electron chi connectivity index (χ2n) is 4.65. The number of anilines is 2. The lowest BCUT2D eigenvalue weighted by atomic mass is 10.2. The molecule has 1 aromatic rings. The van der Waals surface area contributed by atoms with Crippen molar-refractivity contribution in [1.29, 1.82) is 5.26 Å². The number of carbonyl (C=O) groups is 1. The highest BCUT2D eigenvalue weighted by molar-refractivity contribution is 5.92. The van der Waals surface area contributed by atoms with E-state index in [9.17, 15) is 4.79 Å². The summed E-state index contributed by atoms with van der Waals surface area (Å²) in [5, 5.41) is 11.4. The van der Waals surface area contributed by atoms with Gasteiger partial charge in [-0.2, -0.15) is 5.26 Å². The predicted molar refractivity (Wildman–Crippen MR) is 76.4 cm³/mol. The quantitative estimate of drug-likeness (QED) is 0.764. The van der Waals surface area contributed by atoms with Crippen LogP contribution < -0.4 is 11.1 Å². The van der Waals surface area contributed by atoms with Crippen molar-refractivity contribution in [2.75, 3.05) is 24.1 Å². The minimum Gasteiger partial charge on any atom is -0.399 e. The second kappa shape index (κ2) is 7.39. The van der Waals surface area contributed by atoms with Crippen LogP contribution in [0.1, 0.15) is 20.3 Å². The highest BCUT2D eigenvalue weighted by Crippen LogP contribution is 2.11. The van der Waals surface area contributed by atoms with Crippen LogP contribution in [0.5, 0.6) is 0 Å². The smallest absolute Gasteiger partial charge is 0.238 e. The van der Waals surface area contributed by atoms with Gasteiger partial charge in [-0.3, -0.25) is 9.69 Å². The number of hydrogen-bond acceptors (Lipinski definition) is 4. The number of nitrogens with one attached hydrogen (secondary N) is 1. The van der Waals surface area contributed by atoms with E-state index in [4.69, 9.17) is 11.0 Å². The number of nitriles is 1. The molecule has 102 valence electrons. The van der Waals surface area contributed by atoms with Crippen LogP contribution in [0.25, 0.3) is 0 Å². The minimum absolute atomic E-state index is 0.0998. The molecule has 0 radical (unpaired) electrons. The molecule has 3 N–H and O–H groups in total. The first kappa shape index (κ1) is 15.0. The van der Waals surface area contributed by atoms with Crippen LogP contribution in [-0.4, -0.2) is 29.9 Å². The molecule has 0 atom stereocenters. The predicted octanol–water partition coefficient (Wildman–Crippen LogP) is 1.83. The van der Waals surface area contributed by atoms with Crippen LogP contribution in [-0.2, 0) is 4.79 Å². The third-order valence-electron chi connectivity index (χ3n) is 2.76. The Hall–Kier alpha value is -2.06. The average Bonchev–Trinajstić information content (AvgIpc) is 2.34. The standard InChI is InChI=1S/C14H20N4O/c1-11(2)18(8-4-7-15)10-14(19)17-13-6-3-5-12(16)9-13/h3,5-6,9,11H,4,8,10,16H2,1-2H3,(H,17,19). The number of rotatable bonds is 6. The zero-order chi connectivity index (χ0) is 14.3. The van der Waals surface area contributed by atoms with Crippen molar-refractivity contribution >= 4 is 17.3 Å². The van der Waals surface area contributed by atoms with Gasteiger partial charge in [-0.25, -0.2) is 0 Å². The SMILES string of the molecule is CC(C)N(CCC#N)CC(=O)Nc1cccc(N)c1. The molecule has 1 aromatic carbocycles. The highest BCUT2D eigenvalue weighted by Gasteiger charge is 2.13. The van der Waals surface area contributed by atoms with Crippen molar-refractivity contribution in [2.45, 2.75) is 26.3 Å². The van der Waals surface area contributed by atoms with E-state index in [0.29, 0.717) is 24.3 Å². The molecule has 0 saturated carbocycles. The lowest BCUT2D eigenvalue weighted by molar-refractivity contribution is -0.117. The van der Waals surface area contributed by atoms with Crippen LogP contribution in [0, 0.1) is 11.3 Å². The summed E-state index contributed by atoms with van der Waals surface area (Å²) in [6, 6.07) is 9.39. The van der Waals surface area contributed by atoms with E-state index in [1.54, 1.807) is 24.3 Å². The van der Waals surface area contributed by atoms with E-state index >= 15 is 0 Å². The zero-order valence-electron chi connectivity index (χ0n) is 11.4. The van der Waals surface area contributed by atoms with Crippen molar-refractivity contribution < 1.29 is 4.79 Å². The van der Waals surface area contributed by atoms with E-state index in [-0.39, 0.29) is 18.5 Å². The number of nitrogen functional groups attached to an aromatic ring is 1. The number of nitrogens with two attached hydrogens (primary N) is 1. The van der Waals surface area contributed by atoms with Gasteiger partial charge in [0, 0.05) is 30.4 Å². The first-order chi connectivity index (χ1) is 9.02. The molecule has 5 nitrogen and oxygen atoms in total. The fraction of sp³-hybridized carbons (Fsp3) is 0.429. The summed E-state index contributed by atoms with van der Waals surface area (Å²) in [5.41, 5.74) is 6.95. The van der Waals surface area contributed by atoms with Gasteiger partial charge in [0.05, 0.1) is 12.6 Å². The molecule has 0 unspecified atom stereocenters. The van der Waals surface area contributed by atoms with Crippen molar-refractivity contribution in [1.82, 2.24) is 4.90 Å². The number of carbonyl (C=O) groups excluding carboxylic acids is 1. The average molecular weight is 260 g/mol. The van der Waals surface area contributed by atoms with E-state index in [1.807, 2.05) is 18.7 Å². The lowest BCUT2D eigenvalue weighted by Crippen LogP contribution is -2.38. The molecule has 0 bridgehead atoms. The summed E-state index contributed by atoms with van der Waals surface area (Å²) < 4.78 is 0. The van der Waals surface area contributed by atoms with E-state index in [2.05, 4.69) is 11.4 Å². The fourth-order valence-electron chi connectivity index (χ4n) is 1.71. The van der Waals surface area contributed by atoms with Gasteiger partial charge in [-0.1, -0.05) is 6.07 Å². The number of benzene rings is 1. The van der Waals surface area contributed by atoms with Crippen LogP contribution in [0.15, 0.2) is 24.3 Å². The molecule has 19 heavy (non-hydrogen) atoms. The molecule has 0 saturated heterocycles. The summed E-state index contributed by atoms with van der Waals surface area (Å²) >= 11 is 0. The largest absolute Gasteiger partial charge is 0.399 e. The maximum atomic E-state index is 11.9. The molecule has 1 amide bonds. The molecule has 0 aliphatic heterocycles. The summed E-state index contributed by atoms with van der Waals surface area (Å²) in [5.74, 6) is -0.0998. The maximum Gasteiger partial charge on any atom is 0.238 e. The van der Waals surface area contributed by atoms with Crippen molar-refractivity contribution in [2.24, 2.45) is 0 Å². The Morgan fingerprint density at radius 2 is 2.26 bits per heavy atom. The van der Waals surface area contributed by atoms with E-state index < -0.39 is 0 Å². The third kappa shape index (κ3) is 5.40. The molecule has 0 aromatic heterocycles. The first-order valence-electron chi connectivity index (χ1n) is 6.29. The molecule has 0 aliphatic rings. The van der Waals surface area contributed by atoms with Gasteiger partial charge >= 0.3 is 0 Å². The van der Waals surface area contributed by atoms with Gasteiger partial charge < -0.3 is 11.1 Å². The molecular formula is C14H20N4O. The Kier molecular flexibility index (Phi) is 5.83. The summed E-state index contributed by atoms with van der Waals surface area (Å²) in [7, 11) is 0. The summed E-state index contributed by atoms with van der Waals surface area (Å²) in [4.78, 5) is 13.9. The molecule has 0 fully saturated rings.